The van der Waals surface area contributed by atoms with Crippen LogP contribution in [0.4, 0.5) is 17.1 Å². The van der Waals surface area contributed by atoms with Gasteiger partial charge in [-0.05, 0) is 48.4 Å². The maximum absolute atomic E-state index is 11.9. The highest BCUT2D eigenvalue weighted by molar-refractivity contribution is 6.01. The lowest BCUT2D eigenvalue weighted by Gasteiger charge is -2.36. The first-order chi connectivity index (χ1) is 14.1. The summed E-state index contributed by atoms with van der Waals surface area (Å²) >= 11 is 0. The van der Waals surface area contributed by atoms with Crippen LogP contribution < -0.4 is 21.3 Å². The van der Waals surface area contributed by atoms with Crippen molar-refractivity contribution >= 4 is 28.9 Å². The number of rotatable bonds is 5. The van der Waals surface area contributed by atoms with Crippen molar-refractivity contribution in [3.63, 3.8) is 0 Å². The van der Waals surface area contributed by atoms with E-state index in [1.807, 2.05) is 24.3 Å². The number of piperidine rings is 1. The van der Waals surface area contributed by atoms with Gasteiger partial charge in [0.25, 0.3) is 0 Å². The van der Waals surface area contributed by atoms with Crippen molar-refractivity contribution < 1.29 is 9.59 Å². The molecule has 2 fully saturated rings. The predicted molar refractivity (Wildman–Crippen MR) is 115 cm³/mol. The van der Waals surface area contributed by atoms with Crippen LogP contribution in [-0.2, 0) is 16.1 Å². The van der Waals surface area contributed by atoms with Crippen molar-refractivity contribution in [2.24, 2.45) is 0 Å². The van der Waals surface area contributed by atoms with E-state index in [9.17, 15) is 9.59 Å². The predicted octanol–water partition coefficient (Wildman–Crippen LogP) is 1.81. The Morgan fingerprint density at radius 1 is 0.966 bits per heavy atom. The molecule has 4 rings (SSSR count). The summed E-state index contributed by atoms with van der Waals surface area (Å²) in [6.45, 7) is 4.94. The summed E-state index contributed by atoms with van der Waals surface area (Å²) < 4.78 is 0. The topological polar surface area (TPSA) is 90.7 Å². The standard InChI is InChI=1S/C22H27N5O2/c23-17-3-1-16(2-4-17)15-26-11-13-27(14-12-26)19-7-5-18(6-8-19)24-20-9-10-21(28)25-22(20)29/h1-8,20,24H,9-15,23H2,(H,25,28,29). The molecular formula is C22H27N5O2. The fourth-order valence-corrected chi connectivity index (χ4v) is 3.85. The second kappa shape index (κ2) is 8.53. The van der Waals surface area contributed by atoms with Crippen molar-refractivity contribution in [3.8, 4) is 0 Å². The van der Waals surface area contributed by atoms with Crippen LogP contribution in [-0.4, -0.2) is 48.9 Å². The molecule has 0 aromatic heterocycles. The van der Waals surface area contributed by atoms with Crippen molar-refractivity contribution in [1.29, 1.82) is 0 Å². The van der Waals surface area contributed by atoms with Gasteiger partial charge in [0.15, 0.2) is 0 Å². The molecule has 2 aromatic carbocycles. The minimum absolute atomic E-state index is 0.195. The van der Waals surface area contributed by atoms with E-state index >= 15 is 0 Å². The molecule has 1 unspecified atom stereocenters. The zero-order valence-corrected chi connectivity index (χ0v) is 16.4. The number of nitrogens with two attached hydrogens (primary N) is 1. The fourth-order valence-electron chi connectivity index (χ4n) is 3.85. The molecular weight excluding hydrogens is 366 g/mol. The number of carbonyl (C=O) groups is 2. The van der Waals surface area contributed by atoms with E-state index in [0.717, 1.165) is 44.1 Å². The Morgan fingerprint density at radius 3 is 2.31 bits per heavy atom. The van der Waals surface area contributed by atoms with Gasteiger partial charge in [-0.25, -0.2) is 0 Å². The number of nitrogens with zero attached hydrogens (tertiary/aromatic N) is 2. The Morgan fingerprint density at radius 2 is 1.66 bits per heavy atom. The maximum atomic E-state index is 11.9. The zero-order chi connectivity index (χ0) is 20.2. The fraction of sp³-hybridized carbons (Fsp3) is 0.364. The SMILES string of the molecule is Nc1ccc(CN2CCN(c3ccc(NC4CCC(=O)NC4=O)cc3)CC2)cc1. The number of hydrogen-bond donors (Lipinski definition) is 3. The first kappa shape index (κ1) is 19.3. The molecule has 2 aromatic rings. The van der Waals surface area contributed by atoms with Crippen molar-refractivity contribution in [2.75, 3.05) is 42.1 Å². The average Bonchev–Trinajstić information content (AvgIpc) is 2.73. The van der Waals surface area contributed by atoms with Crippen LogP contribution in [0.3, 0.4) is 0 Å². The molecule has 152 valence electrons. The van der Waals surface area contributed by atoms with Gasteiger partial charge in [-0.2, -0.15) is 0 Å². The summed E-state index contributed by atoms with van der Waals surface area (Å²) in [6.07, 6.45) is 0.907. The van der Waals surface area contributed by atoms with Crippen LogP contribution in [0.5, 0.6) is 0 Å². The van der Waals surface area contributed by atoms with E-state index in [2.05, 4.69) is 44.7 Å². The summed E-state index contributed by atoms with van der Waals surface area (Å²) in [7, 11) is 0. The Kier molecular flexibility index (Phi) is 5.67. The third kappa shape index (κ3) is 4.86. The summed E-state index contributed by atoms with van der Waals surface area (Å²) in [5.74, 6) is -0.443. The Labute approximate surface area is 170 Å². The second-order valence-electron chi connectivity index (χ2n) is 7.70. The van der Waals surface area contributed by atoms with Gasteiger partial charge in [0.05, 0.1) is 0 Å². The molecule has 0 radical (unpaired) electrons. The van der Waals surface area contributed by atoms with E-state index in [4.69, 9.17) is 5.73 Å². The van der Waals surface area contributed by atoms with Gasteiger partial charge in [0, 0.05) is 56.2 Å². The van der Waals surface area contributed by atoms with E-state index < -0.39 is 0 Å². The average molecular weight is 393 g/mol. The van der Waals surface area contributed by atoms with Crippen molar-refractivity contribution in [3.05, 3.63) is 54.1 Å². The monoisotopic (exact) mass is 393 g/mol. The molecule has 1 atom stereocenters. The first-order valence-electron chi connectivity index (χ1n) is 10.1. The van der Waals surface area contributed by atoms with Crippen LogP contribution in [0, 0.1) is 0 Å². The zero-order valence-electron chi connectivity index (χ0n) is 16.4. The van der Waals surface area contributed by atoms with Gasteiger partial charge < -0.3 is 16.0 Å². The number of benzene rings is 2. The number of nitrogens with one attached hydrogen (secondary N) is 2. The molecule has 0 saturated carbocycles. The minimum Gasteiger partial charge on any atom is -0.399 e. The van der Waals surface area contributed by atoms with Crippen LogP contribution in [0.15, 0.2) is 48.5 Å². The third-order valence-corrected chi connectivity index (χ3v) is 5.57. The van der Waals surface area contributed by atoms with Crippen LogP contribution >= 0.6 is 0 Å². The van der Waals surface area contributed by atoms with E-state index in [0.29, 0.717) is 12.8 Å². The van der Waals surface area contributed by atoms with Crippen LogP contribution in [0.25, 0.3) is 0 Å². The number of amides is 2. The summed E-state index contributed by atoms with van der Waals surface area (Å²) in [4.78, 5) is 28.0. The first-order valence-corrected chi connectivity index (χ1v) is 10.1. The van der Waals surface area contributed by atoms with Crippen LogP contribution in [0.1, 0.15) is 18.4 Å². The molecule has 29 heavy (non-hydrogen) atoms. The number of nitrogen functional groups attached to an aromatic ring is 1. The van der Waals surface area contributed by atoms with Gasteiger partial charge in [-0.1, -0.05) is 12.1 Å². The number of anilines is 3. The molecule has 4 N–H and O–H groups in total. The summed E-state index contributed by atoms with van der Waals surface area (Å²) in [6, 6.07) is 15.9. The van der Waals surface area contributed by atoms with Gasteiger partial charge in [-0.15, -0.1) is 0 Å². The second-order valence-corrected chi connectivity index (χ2v) is 7.70. The molecule has 2 heterocycles. The molecule has 7 nitrogen and oxygen atoms in total. The van der Waals surface area contributed by atoms with Gasteiger partial charge in [0.1, 0.15) is 6.04 Å². The molecule has 7 heteroatoms. The lowest BCUT2D eigenvalue weighted by atomic mass is 10.1. The Balaban J connectivity index is 1.28. The lowest BCUT2D eigenvalue weighted by molar-refractivity contribution is -0.133. The number of imide groups is 1. The van der Waals surface area contributed by atoms with Crippen molar-refractivity contribution in [2.45, 2.75) is 25.4 Å². The Bertz CT molecular complexity index is 858. The maximum Gasteiger partial charge on any atom is 0.249 e. The summed E-state index contributed by atoms with van der Waals surface area (Å²) in [5, 5.41) is 5.60. The molecule has 2 aliphatic rings. The van der Waals surface area contributed by atoms with Gasteiger partial charge >= 0.3 is 0 Å². The quantitative estimate of drug-likeness (QED) is 0.530. The molecule has 0 aliphatic carbocycles. The summed E-state index contributed by atoms with van der Waals surface area (Å²) in [5.41, 5.74) is 9.93. The molecule has 2 amide bonds. The number of piperazine rings is 1. The van der Waals surface area contributed by atoms with Crippen molar-refractivity contribution in [1.82, 2.24) is 10.2 Å². The van der Waals surface area contributed by atoms with Crippen LogP contribution in [0.2, 0.25) is 0 Å². The number of hydrogen-bond acceptors (Lipinski definition) is 6. The van der Waals surface area contributed by atoms with Gasteiger partial charge in [0.2, 0.25) is 11.8 Å². The van der Waals surface area contributed by atoms with Gasteiger partial charge in [-0.3, -0.25) is 19.8 Å². The highest BCUT2D eigenvalue weighted by atomic mass is 16.2. The molecule has 0 spiro atoms. The largest absolute Gasteiger partial charge is 0.399 e. The Hall–Kier alpha value is -3.06. The number of carbonyl (C=O) groups excluding carboxylic acids is 2. The smallest absolute Gasteiger partial charge is 0.249 e. The highest BCUT2D eigenvalue weighted by Crippen LogP contribution is 2.22. The molecule has 0 bridgehead atoms. The lowest BCUT2D eigenvalue weighted by Crippen LogP contribution is -2.47. The third-order valence-electron chi connectivity index (χ3n) is 5.57. The highest BCUT2D eigenvalue weighted by Gasteiger charge is 2.26. The van der Waals surface area contributed by atoms with E-state index in [1.165, 1.54) is 11.3 Å². The van der Waals surface area contributed by atoms with E-state index in [-0.39, 0.29) is 17.9 Å². The normalized spacial score (nSPS) is 20.4. The minimum atomic E-state index is -0.351. The molecule has 2 aliphatic heterocycles. The van der Waals surface area contributed by atoms with E-state index in [1.54, 1.807) is 0 Å². The molecule has 2 saturated heterocycles.